The molecule has 0 radical (unpaired) electrons. The summed E-state index contributed by atoms with van der Waals surface area (Å²) in [5.41, 5.74) is 9.68. The first-order valence-electron chi connectivity index (χ1n) is 12.7. The number of hydrogen-bond donors (Lipinski definition) is 4. The van der Waals surface area contributed by atoms with E-state index in [1.165, 1.54) is 6.20 Å². The molecule has 0 bridgehead atoms. The number of aromatic nitrogens is 1. The fourth-order valence-electron chi connectivity index (χ4n) is 4.18. The van der Waals surface area contributed by atoms with E-state index in [1.807, 2.05) is 35.5 Å². The second-order valence-electron chi connectivity index (χ2n) is 10.5. The molecule has 1 aromatic heterocycles. The van der Waals surface area contributed by atoms with Crippen molar-refractivity contribution in [1.29, 1.82) is 10.5 Å². The van der Waals surface area contributed by atoms with Crippen molar-refractivity contribution in [3.8, 4) is 12.1 Å². The van der Waals surface area contributed by atoms with Crippen LogP contribution in [-0.2, 0) is 0 Å². The first-order valence-corrected chi connectivity index (χ1v) is 12.6. The van der Waals surface area contributed by atoms with E-state index in [9.17, 15) is 11.9 Å². The molecular weight excluding hydrogens is 484 g/mol. The summed E-state index contributed by atoms with van der Waals surface area (Å²) in [6.45, 7) is 6.91. The summed E-state index contributed by atoms with van der Waals surface area (Å²) in [5, 5.41) is 29.6. The maximum atomic E-state index is 10.00. The van der Waals surface area contributed by atoms with E-state index in [0.29, 0.717) is 62.3 Å². The molecule has 37 heavy (non-hydrogen) atoms. The zero-order valence-corrected chi connectivity index (χ0v) is 21.7. The van der Waals surface area contributed by atoms with Crippen LogP contribution in [0.5, 0.6) is 0 Å². The van der Waals surface area contributed by atoms with Crippen LogP contribution in [0.3, 0.4) is 0 Å². The molecule has 0 unspecified atom stereocenters. The molecule has 9 heteroatoms. The highest BCUT2D eigenvalue weighted by Gasteiger charge is 2.32. The van der Waals surface area contributed by atoms with Gasteiger partial charge in [-0.1, -0.05) is 50.6 Å². The van der Waals surface area contributed by atoms with Crippen molar-refractivity contribution in [2.45, 2.75) is 45.7 Å². The molecule has 2 aliphatic rings. The maximum Gasteiger partial charge on any atom is 0.103 e. The van der Waals surface area contributed by atoms with Crippen molar-refractivity contribution in [3.63, 3.8) is 0 Å². The molecule has 8 nitrogen and oxygen atoms in total. The minimum absolute atomic E-state index is 0.0440. The van der Waals surface area contributed by atoms with Crippen LogP contribution in [-0.4, -0.2) is 22.6 Å². The summed E-state index contributed by atoms with van der Waals surface area (Å²) in [5.74, 6) is 0. The van der Waals surface area contributed by atoms with Crippen LogP contribution in [0.2, 0.25) is 5.02 Å². The van der Waals surface area contributed by atoms with Crippen LogP contribution in [0.1, 0.15) is 57.7 Å². The summed E-state index contributed by atoms with van der Waals surface area (Å²) in [6.07, 6.45) is 5.54. The van der Waals surface area contributed by atoms with E-state index in [-0.39, 0.29) is 5.41 Å². The normalized spacial score (nSPS) is 17.2. The van der Waals surface area contributed by atoms with Gasteiger partial charge in [0.2, 0.25) is 0 Å². The third kappa shape index (κ3) is 5.27. The summed E-state index contributed by atoms with van der Waals surface area (Å²) in [4.78, 5) is 4.43. The first-order chi connectivity index (χ1) is 18.1. The molecule has 1 aliphatic carbocycles. The highest BCUT2D eigenvalue weighted by Crippen LogP contribution is 2.37. The van der Waals surface area contributed by atoms with Gasteiger partial charge in [-0.3, -0.25) is 9.99 Å². The number of nitrogens with one attached hydrogen (secondary N) is 4. The van der Waals surface area contributed by atoms with Crippen molar-refractivity contribution in [3.05, 3.63) is 76.2 Å². The lowest BCUT2D eigenvalue weighted by Gasteiger charge is -2.24. The Kier molecular flexibility index (Phi) is 6.21. The number of benzene rings is 2. The molecule has 188 valence electrons. The van der Waals surface area contributed by atoms with Crippen molar-refractivity contribution in [2.24, 2.45) is 5.41 Å². The van der Waals surface area contributed by atoms with Crippen molar-refractivity contribution in [1.82, 2.24) is 21.0 Å². The number of rotatable bonds is 7. The van der Waals surface area contributed by atoms with Crippen molar-refractivity contribution < 1.29 is 1.37 Å². The number of hydrogen-bond acceptors (Lipinski definition) is 8. The van der Waals surface area contributed by atoms with Gasteiger partial charge in [0.05, 0.1) is 35.4 Å². The Labute approximate surface area is 223 Å². The van der Waals surface area contributed by atoms with Gasteiger partial charge in [0.25, 0.3) is 0 Å². The van der Waals surface area contributed by atoms with Gasteiger partial charge in [0, 0.05) is 41.1 Å². The predicted molar refractivity (Wildman–Crippen MR) is 146 cm³/mol. The molecule has 1 aliphatic heterocycles. The molecule has 2 aromatic carbocycles. The van der Waals surface area contributed by atoms with Crippen molar-refractivity contribution >= 4 is 33.9 Å². The van der Waals surface area contributed by atoms with Crippen LogP contribution in [0.4, 0.5) is 11.4 Å². The Morgan fingerprint density at radius 3 is 2.65 bits per heavy atom. The highest BCUT2D eigenvalue weighted by molar-refractivity contribution is 6.31. The topological polar surface area (TPSA) is 112 Å². The van der Waals surface area contributed by atoms with Crippen LogP contribution in [0, 0.1) is 28.1 Å². The van der Waals surface area contributed by atoms with Crippen LogP contribution in [0.15, 0.2) is 54.5 Å². The Morgan fingerprint density at radius 1 is 1.22 bits per heavy atom. The number of hydrazine groups is 2. The minimum atomic E-state index is -1.52. The van der Waals surface area contributed by atoms with Gasteiger partial charge in [0.15, 0.2) is 0 Å². The third-order valence-electron chi connectivity index (χ3n) is 6.22. The molecular formula is C28H29ClN8. The average molecular weight is 514 g/mol. The third-order valence-corrected chi connectivity index (χ3v) is 6.55. The molecule has 0 saturated heterocycles. The fourth-order valence-corrected chi connectivity index (χ4v) is 4.41. The Morgan fingerprint density at radius 2 is 1.97 bits per heavy atom. The highest BCUT2D eigenvalue weighted by atomic mass is 35.5. The van der Waals surface area contributed by atoms with Gasteiger partial charge in [0.1, 0.15) is 12.1 Å². The molecule has 5 rings (SSSR count). The van der Waals surface area contributed by atoms with E-state index >= 15 is 0 Å². The molecule has 3 aromatic rings. The standard InChI is InChI=1S/C28H29ClN8/c1-28(2,3)16-33-26-18(13-31)14-32-25-17(12-30)10-19(11-22(25)26)34-27(21-6-4-5-7-23(21)29)24-15-37(36-35-24)20-8-9-20/h4-7,10-11,14-15,20,27,34-36H,8-9,16H2,1-3H3,(H,32,33)/t27-/m1/s1/i27D. The van der Waals surface area contributed by atoms with Gasteiger partial charge < -0.3 is 16.1 Å². The average Bonchev–Trinajstić information content (AvgIpc) is 3.61. The molecule has 4 N–H and O–H groups in total. The summed E-state index contributed by atoms with van der Waals surface area (Å²) in [6, 6.07) is 14.0. The lowest BCUT2D eigenvalue weighted by molar-refractivity contribution is 0.260. The molecule has 1 saturated carbocycles. The van der Waals surface area contributed by atoms with E-state index < -0.39 is 6.02 Å². The second kappa shape index (κ2) is 9.82. The maximum absolute atomic E-state index is 10.00. The van der Waals surface area contributed by atoms with Gasteiger partial charge in [-0.15, -0.1) is 5.53 Å². The lowest BCUT2D eigenvalue weighted by atomic mass is 9.96. The zero-order valence-electron chi connectivity index (χ0n) is 22.0. The van der Waals surface area contributed by atoms with Gasteiger partial charge in [-0.2, -0.15) is 10.5 Å². The number of fused-ring (bicyclic) bond motifs is 1. The largest absolute Gasteiger partial charge is 0.383 e. The fraction of sp³-hybridized carbons (Fsp3) is 0.321. The monoisotopic (exact) mass is 513 g/mol. The molecule has 1 fully saturated rings. The first kappa shape index (κ1) is 23.4. The van der Waals surface area contributed by atoms with Crippen molar-refractivity contribution in [2.75, 3.05) is 17.2 Å². The Balaban J connectivity index is 1.64. The van der Waals surface area contributed by atoms with Crippen LogP contribution in [0.25, 0.3) is 10.9 Å². The van der Waals surface area contributed by atoms with E-state index in [2.05, 4.69) is 59.5 Å². The predicted octanol–water partition coefficient (Wildman–Crippen LogP) is 5.57. The summed E-state index contributed by atoms with van der Waals surface area (Å²) in [7, 11) is 0. The number of anilines is 2. The lowest BCUT2D eigenvalue weighted by Crippen LogP contribution is -2.38. The molecule has 0 spiro atoms. The van der Waals surface area contributed by atoms with Gasteiger partial charge >= 0.3 is 0 Å². The van der Waals surface area contributed by atoms with E-state index in [0.717, 1.165) is 12.8 Å². The number of nitriles is 2. The number of pyridine rings is 1. The number of nitrogens with zero attached hydrogens (tertiary/aromatic N) is 4. The SMILES string of the molecule is [2H][C@](Nc1cc(C#N)c2ncc(C#N)c(NCC(C)(C)C)c2c1)(C1=CN(C2CC2)NN1)c1ccccc1Cl. The Bertz CT molecular complexity index is 1510. The minimum Gasteiger partial charge on any atom is -0.383 e. The second-order valence-corrected chi connectivity index (χ2v) is 10.9. The van der Waals surface area contributed by atoms with Gasteiger partial charge in [-0.25, -0.2) is 0 Å². The zero-order chi connectivity index (χ0) is 27.1. The quantitative estimate of drug-likeness (QED) is 0.324. The summed E-state index contributed by atoms with van der Waals surface area (Å²) >= 11 is 6.61. The Hall–Kier alpha value is -3.98. The van der Waals surface area contributed by atoms with E-state index in [4.69, 9.17) is 11.6 Å². The summed E-state index contributed by atoms with van der Waals surface area (Å²) < 4.78 is 9.66. The smallest absolute Gasteiger partial charge is 0.103 e. The number of halogens is 1. The van der Waals surface area contributed by atoms with Gasteiger partial charge in [-0.05, 0) is 42.0 Å². The van der Waals surface area contributed by atoms with E-state index in [1.54, 1.807) is 12.1 Å². The molecule has 0 amide bonds. The van der Waals surface area contributed by atoms with Crippen LogP contribution >= 0.6 is 11.6 Å². The molecule has 1 atom stereocenters. The molecule has 2 heterocycles. The van der Waals surface area contributed by atoms with Crippen LogP contribution < -0.4 is 21.6 Å².